The van der Waals surface area contributed by atoms with Gasteiger partial charge in [0, 0.05) is 12.4 Å². The molecule has 2 unspecified atom stereocenters. The maximum absolute atomic E-state index is 12.5. The van der Waals surface area contributed by atoms with Gasteiger partial charge in [-0.3, -0.25) is 14.4 Å². The first-order valence-corrected chi connectivity index (χ1v) is 19.5. The molecule has 1 aromatic heterocycles. The summed E-state index contributed by atoms with van der Waals surface area (Å²) >= 11 is 1.04. The molecule has 314 valence electrons. The highest BCUT2D eigenvalue weighted by Gasteiger charge is 2.24. The first-order valence-electron chi connectivity index (χ1n) is 18.4. The lowest BCUT2D eigenvalue weighted by atomic mass is 9.93. The molecule has 18 nitrogen and oxygen atoms in total. The van der Waals surface area contributed by atoms with Gasteiger partial charge in [-0.05, 0) is 18.8 Å². The highest BCUT2D eigenvalue weighted by Crippen LogP contribution is 2.18. The van der Waals surface area contributed by atoms with Crippen LogP contribution in [-0.2, 0) is 70.1 Å². The number of rotatable bonds is 38. The van der Waals surface area contributed by atoms with Crippen molar-refractivity contribution in [2.75, 3.05) is 125 Å². The normalized spacial score (nSPS) is 12.9. The number of hydrogen-bond donors (Lipinski definition) is 3. The minimum absolute atomic E-state index is 0.0759. The molecule has 54 heavy (non-hydrogen) atoms. The summed E-state index contributed by atoms with van der Waals surface area (Å²) in [5.41, 5.74) is 6.50. The summed E-state index contributed by atoms with van der Waals surface area (Å²) in [6.45, 7) is 17.4. The van der Waals surface area contributed by atoms with Crippen LogP contribution in [0.15, 0.2) is 6.20 Å². The number of carbonyl (C=O) groups excluding carboxylic acids is 2. The Labute approximate surface area is 324 Å². The predicted molar refractivity (Wildman–Crippen MR) is 200 cm³/mol. The number of nitrogens with two attached hydrogens (primary N) is 1. The highest BCUT2D eigenvalue weighted by atomic mass is 32.2. The Hall–Kier alpha value is -2.30. The Morgan fingerprint density at radius 2 is 1.15 bits per heavy atom. The third kappa shape index (κ3) is 31.0. The number of nitrogens with one attached hydrogen (secondary N) is 1. The molecule has 1 aromatic rings. The van der Waals surface area contributed by atoms with Crippen molar-refractivity contribution in [1.29, 1.82) is 0 Å². The summed E-state index contributed by atoms with van der Waals surface area (Å²) in [6.07, 6.45) is 2.31. The summed E-state index contributed by atoms with van der Waals surface area (Å²) in [5.74, 6) is -1.69. The monoisotopic (exact) mass is 795 g/mol. The molecule has 0 aliphatic heterocycles. The zero-order chi connectivity index (χ0) is 39.7. The van der Waals surface area contributed by atoms with Crippen molar-refractivity contribution >= 4 is 29.4 Å². The maximum atomic E-state index is 12.5. The SMILES string of the molecule is CC(=O)C(N)CSC(CC(=O)O)C(=O)NCc1cn(CCOCCOCCOCCOCCOCCOCCOCCOCCOCCC(C)(C)C)nn1. The number of carbonyl (C=O) groups is 3. The topological polar surface area (TPSA) is 223 Å². The van der Waals surface area contributed by atoms with Crippen LogP contribution in [0.4, 0.5) is 0 Å². The molecular weight excluding hydrogens is 730 g/mol. The van der Waals surface area contributed by atoms with Gasteiger partial charge in [-0.15, -0.1) is 16.9 Å². The molecule has 0 aliphatic rings. The lowest BCUT2D eigenvalue weighted by molar-refractivity contribution is -0.138. The van der Waals surface area contributed by atoms with E-state index in [1.54, 1.807) is 10.9 Å². The van der Waals surface area contributed by atoms with E-state index >= 15 is 0 Å². The van der Waals surface area contributed by atoms with Crippen LogP contribution in [0, 0.1) is 5.41 Å². The number of aliphatic carboxylic acids is 1. The Morgan fingerprint density at radius 3 is 1.54 bits per heavy atom. The third-order valence-electron chi connectivity index (χ3n) is 7.12. The zero-order valence-corrected chi connectivity index (χ0v) is 33.5. The van der Waals surface area contributed by atoms with Gasteiger partial charge in [-0.25, -0.2) is 4.68 Å². The number of aromatic nitrogens is 3. The second-order valence-corrected chi connectivity index (χ2v) is 14.4. The van der Waals surface area contributed by atoms with Crippen molar-refractivity contribution in [3.8, 4) is 0 Å². The van der Waals surface area contributed by atoms with Gasteiger partial charge in [0.15, 0.2) is 0 Å². The van der Waals surface area contributed by atoms with Crippen LogP contribution >= 0.6 is 11.8 Å². The lowest BCUT2D eigenvalue weighted by Gasteiger charge is -2.17. The molecule has 0 fully saturated rings. The molecule has 0 spiro atoms. The minimum Gasteiger partial charge on any atom is -0.481 e. The van der Waals surface area contributed by atoms with Crippen molar-refractivity contribution < 1.29 is 62.1 Å². The Bertz CT molecular complexity index is 1100. The van der Waals surface area contributed by atoms with Crippen molar-refractivity contribution in [2.24, 2.45) is 11.1 Å². The molecule has 1 rings (SSSR count). The van der Waals surface area contributed by atoms with Crippen LogP contribution in [0.2, 0.25) is 0 Å². The average molecular weight is 796 g/mol. The van der Waals surface area contributed by atoms with Crippen LogP contribution in [0.5, 0.6) is 0 Å². The molecule has 0 saturated heterocycles. The first kappa shape index (κ1) is 49.7. The van der Waals surface area contributed by atoms with Crippen molar-refractivity contribution in [3.63, 3.8) is 0 Å². The molecule has 1 amide bonds. The van der Waals surface area contributed by atoms with E-state index in [0.717, 1.165) is 24.8 Å². The van der Waals surface area contributed by atoms with Crippen LogP contribution in [0.1, 0.15) is 46.2 Å². The standard InChI is InChI=1S/C35H65N5O13S/c1-29(41)31(36)28-54-32(25-33(42)43)34(44)37-26-30-27-40(39-38-30)6-8-46-10-12-48-14-16-50-18-20-52-22-24-53-23-21-51-19-17-49-15-13-47-11-9-45-7-5-35(2,3)4/h27,31-32H,5-26,28,36H2,1-4H3,(H,37,44)(H,42,43). The zero-order valence-electron chi connectivity index (χ0n) is 32.7. The number of thioether (sulfide) groups is 1. The Kier molecular flexibility index (Phi) is 30.3. The molecule has 2 atom stereocenters. The number of ketones is 1. The van der Waals surface area contributed by atoms with E-state index in [1.165, 1.54) is 6.92 Å². The van der Waals surface area contributed by atoms with Gasteiger partial charge in [0.1, 0.15) is 11.5 Å². The number of hydrogen-bond acceptors (Lipinski definition) is 16. The number of nitrogens with zero attached hydrogens (tertiary/aromatic N) is 3. The molecule has 0 saturated carbocycles. The highest BCUT2D eigenvalue weighted by molar-refractivity contribution is 8.00. The van der Waals surface area contributed by atoms with Gasteiger partial charge in [-0.1, -0.05) is 26.0 Å². The van der Waals surface area contributed by atoms with Crippen molar-refractivity contribution in [2.45, 2.75) is 64.9 Å². The Balaban J connectivity index is 1.85. The fourth-order valence-corrected chi connectivity index (χ4v) is 5.11. The lowest BCUT2D eigenvalue weighted by Crippen LogP contribution is -2.37. The van der Waals surface area contributed by atoms with Crippen LogP contribution in [-0.4, -0.2) is 174 Å². The smallest absolute Gasteiger partial charge is 0.305 e. The number of Topliss-reactive ketones (excluding diaryl/α,β-unsaturated/α-hetero) is 1. The number of carboxylic acid groups (broad SMARTS) is 1. The molecule has 0 aromatic carbocycles. The summed E-state index contributed by atoms with van der Waals surface area (Å²) < 4.78 is 51.1. The predicted octanol–water partition coefficient (Wildman–Crippen LogP) is 0.973. The molecule has 19 heteroatoms. The van der Waals surface area contributed by atoms with Crippen molar-refractivity contribution in [1.82, 2.24) is 20.3 Å². The van der Waals surface area contributed by atoms with Gasteiger partial charge in [-0.2, -0.15) is 0 Å². The molecule has 0 aliphatic carbocycles. The van der Waals surface area contributed by atoms with E-state index < -0.39 is 29.6 Å². The van der Waals surface area contributed by atoms with E-state index in [4.69, 9.17) is 53.5 Å². The Morgan fingerprint density at radius 1 is 0.741 bits per heavy atom. The molecule has 0 bridgehead atoms. The van der Waals surface area contributed by atoms with Gasteiger partial charge in [0.2, 0.25) is 5.91 Å². The summed E-state index contributed by atoms with van der Waals surface area (Å²) in [7, 11) is 0. The van der Waals surface area contributed by atoms with Gasteiger partial charge in [0.05, 0.1) is 149 Å². The van der Waals surface area contributed by atoms with Gasteiger partial charge in [0.25, 0.3) is 0 Å². The van der Waals surface area contributed by atoms with Gasteiger partial charge < -0.3 is 58.8 Å². The summed E-state index contributed by atoms with van der Waals surface area (Å²) in [4.78, 5) is 35.0. The number of carboxylic acids is 1. The second kappa shape index (κ2) is 32.9. The summed E-state index contributed by atoms with van der Waals surface area (Å²) in [5, 5.41) is 18.9. The van der Waals surface area contributed by atoms with E-state index in [2.05, 4.69) is 36.4 Å². The summed E-state index contributed by atoms with van der Waals surface area (Å²) in [6, 6.07) is -0.761. The quantitative estimate of drug-likeness (QED) is 0.0794. The van der Waals surface area contributed by atoms with E-state index in [-0.39, 0.29) is 23.5 Å². The minimum atomic E-state index is -1.12. The second-order valence-electron chi connectivity index (χ2n) is 13.1. The van der Waals surface area contributed by atoms with Crippen LogP contribution in [0.3, 0.4) is 0 Å². The fourth-order valence-electron chi connectivity index (χ4n) is 3.94. The average Bonchev–Trinajstić information content (AvgIpc) is 3.58. The van der Waals surface area contributed by atoms with Crippen molar-refractivity contribution in [3.05, 3.63) is 11.9 Å². The largest absolute Gasteiger partial charge is 0.481 e. The third-order valence-corrected chi connectivity index (χ3v) is 8.45. The first-order chi connectivity index (χ1) is 26.0. The van der Waals surface area contributed by atoms with Gasteiger partial charge >= 0.3 is 5.97 Å². The fraction of sp³-hybridized carbons (Fsp3) is 0.857. The van der Waals surface area contributed by atoms with E-state index in [9.17, 15) is 14.4 Å². The molecule has 0 radical (unpaired) electrons. The maximum Gasteiger partial charge on any atom is 0.305 e. The van der Waals surface area contributed by atoms with Crippen LogP contribution in [0.25, 0.3) is 0 Å². The van der Waals surface area contributed by atoms with E-state index in [0.29, 0.717) is 125 Å². The molecular formula is C35H65N5O13S. The molecule has 4 N–H and O–H groups in total. The number of ether oxygens (including phenoxy) is 9. The molecule has 1 heterocycles. The van der Waals surface area contributed by atoms with Crippen LogP contribution < -0.4 is 11.1 Å². The van der Waals surface area contributed by atoms with E-state index in [1.807, 2.05) is 0 Å². The number of amides is 1.